The average Bonchev–Trinajstić information content (AvgIpc) is 2.70. The predicted octanol–water partition coefficient (Wildman–Crippen LogP) is 2.76. The Balaban J connectivity index is 2.67. The van der Waals surface area contributed by atoms with Crippen molar-refractivity contribution < 1.29 is 9.21 Å². The monoisotopic (exact) mass is 229 g/mol. The highest BCUT2D eigenvalue weighted by atomic mass is 35.5. The lowest BCUT2D eigenvalue weighted by molar-refractivity contribution is 0.0705. The number of hydrogen-bond donors (Lipinski definition) is 0. The van der Waals surface area contributed by atoms with E-state index < -0.39 is 0 Å². The van der Waals surface area contributed by atoms with Gasteiger partial charge in [-0.15, -0.1) is 11.6 Å². The summed E-state index contributed by atoms with van der Waals surface area (Å²) in [6.45, 7) is 4.67. The van der Waals surface area contributed by atoms with Gasteiger partial charge in [-0.2, -0.15) is 0 Å². The number of hydrogen-bond acceptors (Lipinski definition) is 2. The number of carbonyl (C=O) groups excluding carboxylic acids is 1. The van der Waals surface area contributed by atoms with E-state index in [0.717, 1.165) is 6.42 Å². The Morgan fingerprint density at radius 3 is 2.80 bits per heavy atom. The Labute approximate surface area is 95.0 Å². The molecule has 0 N–H and O–H groups in total. The minimum absolute atomic E-state index is 0.00358. The molecule has 1 amide bonds. The molecule has 0 bridgehead atoms. The molecule has 0 spiro atoms. The van der Waals surface area contributed by atoms with E-state index in [9.17, 15) is 4.79 Å². The van der Waals surface area contributed by atoms with Gasteiger partial charge in [0, 0.05) is 18.5 Å². The van der Waals surface area contributed by atoms with E-state index in [1.807, 2.05) is 13.8 Å². The number of furan rings is 1. The molecule has 1 rings (SSSR count). The van der Waals surface area contributed by atoms with E-state index in [0.29, 0.717) is 18.0 Å². The maximum Gasteiger partial charge on any atom is 0.257 e. The van der Waals surface area contributed by atoms with E-state index in [1.165, 1.54) is 12.5 Å². The Morgan fingerprint density at radius 2 is 2.33 bits per heavy atom. The van der Waals surface area contributed by atoms with Gasteiger partial charge in [0.05, 0.1) is 11.8 Å². The summed E-state index contributed by atoms with van der Waals surface area (Å²) in [5.74, 6) is 0.575. The van der Waals surface area contributed by atoms with E-state index >= 15 is 0 Å². The molecule has 0 unspecified atom stereocenters. The van der Waals surface area contributed by atoms with Crippen LogP contribution in [0.2, 0.25) is 0 Å². The van der Waals surface area contributed by atoms with Crippen molar-refractivity contribution in [1.82, 2.24) is 4.90 Å². The molecule has 4 heteroatoms. The van der Waals surface area contributed by atoms with E-state index in [-0.39, 0.29) is 11.9 Å². The van der Waals surface area contributed by atoms with Gasteiger partial charge in [-0.25, -0.2) is 0 Å². The lowest BCUT2D eigenvalue weighted by Gasteiger charge is -2.25. The predicted molar refractivity (Wildman–Crippen MR) is 60.2 cm³/mol. The van der Waals surface area contributed by atoms with Crippen molar-refractivity contribution in [3.63, 3.8) is 0 Å². The fraction of sp³-hybridized carbons (Fsp3) is 0.545. The number of amides is 1. The van der Waals surface area contributed by atoms with Crippen molar-refractivity contribution in [3.05, 3.63) is 24.2 Å². The van der Waals surface area contributed by atoms with Crippen LogP contribution in [-0.4, -0.2) is 29.3 Å². The first-order valence-corrected chi connectivity index (χ1v) is 5.59. The van der Waals surface area contributed by atoms with Gasteiger partial charge in [0.1, 0.15) is 6.26 Å². The second-order valence-electron chi connectivity index (χ2n) is 3.65. The fourth-order valence-electron chi connectivity index (χ4n) is 1.38. The highest BCUT2D eigenvalue weighted by Gasteiger charge is 2.18. The topological polar surface area (TPSA) is 33.5 Å². The third kappa shape index (κ3) is 3.27. The highest BCUT2D eigenvalue weighted by molar-refractivity contribution is 6.17. The van der Waals surface area contributed by atoms with Gasteiger partial charge in [-0.3, -0.25) is 4.79 Å². The first kappa shape index (κ1) is 12.1. The van der Waals surface area contributed by atoms with Crippen molar-refractivity contribution >= 4 is 17.5 Å². The quantitative estimate of drug-likeness (QED) is 0.728. The maximum atomic E-state index is 12.0. The minimum atomic E-state index is 0.00358. The van der Waals surface area contributed by atoms with Crippen LogP contribution in [0.25, 0.3) is 0 Å². The molecule has 3 nitrogen and oxygen atoms in total. The Morgan fingerprint density at radius 1 is 1.60 bits per heavy atom. The molecule has 0 aliphatic heterocycles. The molecule has 15 heavy (non-hydrogen) atoms. The van der Waals surface area contributed by atoms with Crippen LogP contribution >= 0.6 is 11.6 Å². The van der Waals surface area contributed by atoms with E-state index in [1.54, 1.807) is 11.0 Å². The Bertz CT molecular complexity index is 296. The fourth-order valence-corrected chi connectivity index (χ4v) is 1.50. The zero-order valence-electron chi connectivity index (χ0n) is 9.07. The summed E-state index contributed by atoms with van der Waals surface area (Å²) in [5.41, 5.74) is 0.596. The molecule has 0 aromatic carbocycles. The van der Waals surface area contributed by atoms with Crippen LogP contribution in [0.3, 0.4) is 0 Å². The number of nitrogens with zero attached hydrogens (tertiary/aromatic N) is 1. The summed E-state index contributed by atoms with van der Waals surface area (Å²) in [6, 6.07) is 1.86. The standard InChI is InChI=1S/C11H16ClNO2/c1-9(2)13(6-3-5-12)11(14)10-4-7-15-8-10/h4,7-9H,3,5-6H2,1-2H3. The smallest absolute Gasteiger partial charge is 0.257 e. The first-order valence-electron chi connectivity index (χ1n) is 5.06. The molecule has 1 heterocycles. The van der Waals surface area contributed by atoms with Crippen LogP contribution in [0.1, 0.15) is 30.6 Å². The van der Waals surface area contributed by atoms with Crippen LogP contribution in [0.5, 0.6) is 0 Å². The second-order valence-corrected chi connectivity index (χ2v) is 4.02. The molecule has 0 fully saturated rings. The van der Waals surface area contributed by atoms with Gasteiger partial charge in [0.15, 0.2) is 0 Å². The number of carbonyl (C=O) groups is 1. The van der Waals surface area contributed by atoms with Crippen LogP contribution in [-0.2, 0) is 0 Å². The summed E-state index contributed by atoms with van der Waals surface area (Å²) >= 11 is 5.62. The van der Waals surface area contributed by atoms with Crippen molar-refractivity contribution in [3.8, 4) is 0 Å². The minimum Gasteiger partial charge on any atom is -0.472 e. The number of halogens is 1. The number of alkyl halides is 1. The van der Waals surface area contributed by atoms with Crippen molar-refractivity contribution in [2.24, 2.45) is 0 Å². The molecular weight excluding hydrogens is 214 g/mol. The molecular formula is C11H16ClNO2. The van der Waals surface area contributed by atoms with Gasteiger partial charge in [0.2, 0.25) is 0 Å². The number of rotatable bonds is 5. The summed E-state index contributed by atoms with van der Waals surface area (Å²) < 4.78 is 4.90. The SMILES string of the molecule is CC(C)N(CCCCl)C(=O)c1ccoc1. The summed E-state index contributed by atoms with van der Waals surface area (Å²) in [4.78, 5) is 13.8. The average molecular weight is 230 g/mol. The molecule has 1 aromatic rings. The maximum absolute atomic E-state index is 12.0. The summed E-state index contributed by atoms with van der Waals surface area (Å²) in [6.07, 6.45) is 3.79. The lowest BCUT2D eigenvalue weighted by atomic mass is 10.2. The van der Waals surface area contributed by atoms with Crippen LogP contribution in [0.4, 0.5) is 0 Å². The van der Waals surface area contributed by atoms with Gasteiger partial charge in [0.25, 0.3) is 5.91 Å². The van der Waals surface area contributed by atoms with Gasteiger partial charge >= 0.3 is 0 Å². The zero-order valence-corrected chi connectivity index (χ0v) is 9.83. The van der Waals surface area contributed by atoms with Gasteiger partial charge < -0.3 is 9.32 Å². The largest absolute Gasteiger partial charge is 0.472 e. The first-order chi connectivity index (χ1) is 7.16. The molecule has 0 atom stereocenters. The highest BCUT2D eigenvalue weighted by Crippen LogP contribution is 2.09. The van der Waals surface area contributed by atoms with Crippen LogP contribution in [0, 0.1) is 0 Å². The van der Waals surface area contributed by atoms with E-state index in [4.69, 9.17) is 16.0 Å². The van der Waals surface area contributed by atoms with Crippen LogP contribution < -0.4 is 0 Å². The second kappa shape index (κ2) is 5.81. The molecule has 0 aliphatic rings. The summed E-state index contributed by atoms with van der Waals surface area (Å²) in [7, 11) is 0. The molecule has 84 valence electrons. The normalized spacial score (nSPS) is 10.7. The third-order valence-electron chi connectivity index (χ3n) is 2.18. The van der Waals surface area contributed by atoms with Crippen molar-refractivity contribution in [2.45, 2.75) is 26.3 Å². The lowest BCUT2D eigenvalue weighted by Crippen LogP contribution is -2.37. The molecule has 0 saturated heterocycles. The third-order valence-corrected chi connectivity index (χ3v) is 2.45. The van der Waals surface area contributed by atoms with Gasteiger partial charge in [-0.1, -0.05) is 0 Å². The zero-order chi connectivity index (χ0) is 11.3. The molecule has 0 aliphatic carbocycles. The van der Waals surface area contributed by atoms with Crippen molar-refractivity contribution in [1.29, 1.82) is 0 Å². The van der Waals surface area contributed by atoms with E-state index in [2.05, 4.69) is 0 Å². The summed E-state index contributed by atoms with van der Waals surface area (Å²) in [5, 5.41) is 0. The Kier molecular flexibility index (Phi) is 4.69. The van der Waals surface area contributed by atoms with Crippen molar-refractivity contribution in [2.75, 3.05) is 12.4 Å². The van der Waals surface area contributed by atoms with Gasteiger partial charge in [-0.05, 0) is 26.3 Å². The van der Waals surface area contributed by atoms with Crippen LogP contribution in [0.15, 0.2) is 23.0 Å². The molecule has 1 aromatic heterocycles. The molecule has 0 radical (unpaired) electrons. The Hall–Kier alpha value is -0.960. The molecule has 0 saturated carbocycles.